The molecular formula is C31H44N2O5S2. The van der Waals surface area contributed by atoms with E-state index in [0.717, 1.165) is 54.5 Å². The van der Waals surface area contributed by atoms with Gasteiger partial charge in [0.15, 0.2) is 0 Å². The van der Waals surface area contributed by atoms with Gasteiger partial charge in [-0.15, -0.1) is 11.3 Å². The van der Waals surface area contributed by atoms with E-state index in [1.165, 1.54) is 30.6 Å². The van der Waals surface area contributed by atoms with Crippen molar-refractivity contribution in [1.82, 2.24) is 9.62 Å². The average Bonchev–Trinajstić information content (AvgIpc) is 3.66. The number of amides is 2. The van der Waals surface area contributed by atoms with Crippen molar-refractivity contribution >= 4 is 33.4 Å². The third-order valence-corrected chi connectivity index (χ3v) is 10.7. The number of carbonyl (C=O) groups excluding carboxylic acids is 2. The number of thiophene rings is 1. The lowest BCUT2D eigenvalue weighted by Gasteiger charge is -2.27. The molecule has 2 aliphatic carbocycles. The van der Waals surface area contributed by atoms with Crippen LogP contribution in [0.15, 0.2) is 34.5 Å². The third kappa shape index (κ3) is 8.56. The molecule has 0 radical (unpaired) electrons. The summed E-state index contributed by atoms with van der Waals surface area (Å²) in [6, 6.07) is 10.1. The molecule has 2 fully saturated rings. The molecule has 0 bridgehead atoms. The van der Waals surface area contributed by atoms with Gasteiger partial charge >= 0.3 is 6.09 Å². The molecule has 2 saturated carbocycles. The lowest BCUT2D eigenvalue weighted by molar-refractivity contribution is -0.133. The predicted molar refractivity (Wildman–Crippen MR) is 160 cm³/mol. The average molecular weight is 589 g/mol. The lowest BCUT2D eigenvalue weighted by Crippen LogP contribution is -2.34. The van der Waals surface area contributed by atoms with Crippen molar-refractivity contribution in [3.8, 4) is 11.1 Å². The zero-order valence-electron chi connectivity index (χ0n) is 24.1. The fourth-order valence-corrected chi connectivity index (χ4v) is 8.21. The Morgan fingerprint density at radius 3 is 2.40 bits per heavy atom. The summed E-state index contributed by atoms with van der Waals surface area (Å²) in [5.74, 6) is 1.14. The number of rotatable bonds is 13. The van der Waals surface area contributed by atoms with Gasteiger partial charge in [-0.3, -0.25) is 4.79 Å². The summed E-state index contributed by atoms with van der Waals surface area (Å²) in [6.45, 7) is 6.90. The van der Waals surface area contributed by atoms with E-state index in [2.05, 4.69) is 23.5 Å². The summed E-state index contributed by atoms with van der Waals surface area (Å²) in [6.07, 6.45) is 10.2. The number of carbonyl (C=O) groups is 2. The van der Waals surface area contributed by atoms with Gasteiger partial charge in [-0.1, -0.05) is 70.7 Å². The summed E-state index contributed by atoms with van der Waals surface area (Å²) >= 11 is 1.20. The molecule has 0 atom stereocenters. The van der Waals surface area contributed by atoms with Crippen LogP contribution in [0.25, 0.3) is 11.1 Å². The number of nitrogens with one attached hydrogen (secondary N) is 1. The number of benzene rings is 1. The standard InChI is InChI=1S/C31H44N2O5S2/c1-4-5-17-38-31(35)32-40(36,37)30-28(20-27(39-30)18-22(2)3)25-13-11-24(12-14-25)21-33(26-15-16-26)29(34)19-23-9-7-6-8-10-23/h11-14,20,22-23,26H,4-10,15-19,21H2,1-3H3,(H,32,35). The van der Waals surface area contributed by atoms with Crippen molar-refractivity contribution in [3.63, 3.8) is 0 Å². The number of unbranched alkanes of at least 4 members (excludes halogenated alkanes) is 1. The van der Waals surface area contributed by atoms with Crippen LogP contribution in [0.2, 0.25) is 0 Å². The van der Waals surface area contributed by atoms with Gasteiger partial charge in [-0.05, 0) is 67.6 Å². The molecule has 1 heterocycles. The summed E-state index contributed by atoms with van der Waals surface area (Å²) in [5.41, 5.74) is 2.38. The Kier molecular flexibility index (Phi) is 10.7. The predicted octanol–water partition coefficient (Wildman–Crippen LogP) is 7.29. The maximum Gasteiger partial charge on any atom is 0.421 e. The molecule has 4 rings (SSSR count). The van der Waals surface area contributed by atoms with Crippen molar-refractivity contribution in [2.45, 2.75) is 108 Å². The minimum absolute atomic E-state index is 0.116. The molecule has 220 valence electrons. The highest BCUT2D eigenvalue weighted by Gasteiger charge is 2.33. The lowest BCUT2D eigenvalue weighted by atomic mass is 9.86. The van der Waals surface area contributed by atoms with Gasteiger partial charge < -0.3 is 9.64 Å². The summed E-state index contributed by atoms with van der Waals surface area (Å²) < 4.78 is 33.8. The van der Waals surface area contributed by atoms with Gasteiger partial charge in [0.1, 0.15) is 4.21 Å². The van der Waals surface area contributed by atoms with Crippen LogP contribution >= 0.6 is 11.3 Å². The Balaban J connectivity index is 1.51. The van der Waals surface area contributed by atoms with E-state index in [1.807, 2.05) is 37.3 Å². The summed E-state index contributed by atoms with van der Waals surface area (Å²) in [5, 5.41) is 0. The van der Waals surface area contributed by atoms with E-state index in [0.29, 0.717) is 42.8 Å². The molecule has 0 saturated heterocycles. The molecule has 1 aromatic heterocycles. The largest absolute Gasteiger partial charge is 0.449 e. The maximum atomic E-state index is 13.3. The second kappa shape index (κ2) is 14.0. The molecule has 0 unspecified atom stereocenters. The summed E-state index contributed by atoms with van der Waals surface area (Å²) in [7, 11) is -4.11. The smallest absolute Gasteiger partial charge is 0.421 e. The quantitative estimate of drug-likeness (QED) is 0.248. The normalized spacial score (nSPS) is 16.2. The van der Waals surface area contributed by atoms with Crippen LogP contribution in [0, 0.1) is 11.8 Å². The fourth-order valence-electron chi connectivity index (χ4n) is 5.37. The monoisotopic (exact) mass is 588 g/mol. The van der Waals surface area contributed by atoms with E-state index >= 15 is 0 Å². The minimum atomic E-state index is -4.11. The first kappa shape index (κ1) is 30.6. The van der Waals surface area contributed by atoms with Gasteiger partial charge in [0, 0.05) is 29.4 Å². The van der Waals surface area contributed by atoms with Crippen LogP contribution in [0.5, 0.6) is 0 Å². The molecule has 40 heavy (non-hydrogen) atoms. The van der Waals surface area contributed by atoms with Crippen LogP contribution in [0.4, 0.5) is 4.79 Å². The van der Waals surface area contributed by atoms with E-state index in [-0.39, 0.29) is 16.7 Å². The highest BCUT2D eigenvalue weighted by Crippen LogP contribution is 2.37. The third-order valence-electron chi connectivity index (χ3n) is 7.67. The molecular weight excluding hydrogens is 544 g/mol. The SMILES string of the molecule is CCCCOC(=O)NS(=O)(=O)c1sc(CC(C)C)cc1-c1ccc(CN(C(=O)CC2CCCCC2)C2CC2)cc1. The zero-order valence-corrected chi connectivity index (χ0v) is 25.7. The number of ether oxygens (including phenoxy) is 1. The second-order valence-electron chi connectivity index (χ2n) is 11.8. The number of hydrogen-bond donors (Lipinski definition) is 1. The Bertz CT molecular complexity index is 1240. The Morgan fingerprint density at radius 1 is 1.07 bits per heavy atom. The highest BCUT2D eigenvalue weighted by molar-refractivity contribution is 7.92. The zero-order chi connectivity index (χ0) is 28.7. The second-order valence-corrected chi connectivity index (χ2v) is 14.8. The minimum Gasteiger partial charge on any atom is -0.449 e. The van der Waals surface area contributed by atoms with E-state index < -0.39 is 16.1 Å². The fraction of sp³-hybridized carbons (Fsp3) is 0.613. The van der Waals surface area contributed by atoms with Crippen LogP contribution in [0.3, 0.4) is 0 Å². The molecule has 2 aliphatic rings. The maximum absolute atomic E-state index is 13.3. The van der Waals surface area contributed by atoms with Crippen molar-refractivity contribution < 1.29 is 22.7 Å². The van der Waals surface area contributed by atoms with Gasteiger partial charge in [0.2, 0.25) is 5.91 Å². The Morgan fingerprint density at radius 2 is 1.77 bits per heavy atom. The molecule has 2 aromatic rings. The molecule has 0 aliphatic heterocycles. The van der Waals surface area contributed by atoms with Crippen molar-refractivity contribution in [2.24, 2.45) is 11.8 Å². The molecule has 9 heteroatoms. The van der Waals surface area contributed by atoms with Crippen molar-refractivity contribution in [3.05, 3.63) is 40.8 Å². The van der Waals surface area contributed by atoms with Gasteiger partial charge in [-0.25, -0.2) is 17.9 Å². The van der Waals surface area contributed by atoms with Crippen molar-refractivity contribution in [2.75, 3.05) is 6.61 Å². The van der Waals surface area contributed by atoms with Crippen LogP contribution in [-0.4, -0.2) is 38.0 Å². The Hall–Kier alpha value is -2.39. The van der Waals surface area contributed by atoms with Gasteiger partial charge in [0.05, 0.1) is 6.61 Å². The number of nitrogens with zero attached hydrogens (tertiary/aromatic N) is 1. The Labute approximate surface area is 243 Å². The number of sulfonamides is 1. The number of hydrogen-bond acceptors (Lipinski definition) is 6. The van der Waals surface area contributed by atoms with Crippen LogP contribution < -0.4 is 4.72 Å². The molecule has 2 amide bonds. The molecule has 1 N–H and O–H groups in total. The van der Waals surface area contributed by atoms with Gasteiger partial charge in [0.25, 0.3) is 10.0 Å². The topological polar surface area (TPSA) is 92.8 Å². The molecule has 0 spiro atoms. The van der Waals surface area contributed by atoms with E-state index in [4.69, 9.17) is 4.74 Å². The molecule has 1 aromatic carbocycles. The van der Waals surface area contributed by atoms with E-state index in [1.54, 1.807) is 0 Å². The van der Waals surface area contributed by atoms with Crippen LogP contribution in [-0.2, 0) is 32.5 Å². The first-order valence-corrected chi connectivity index (χ1v) is 17.2. The van der Waals surface area contributed by atoms with Crippen LogP contribution in [0.1, 0.15) is 95.4 Å². The first-order valence-electron chi connectivity index (χ1n) is 14.9. The van der Waals surface area contributed by atoms with Gasteiger partial charge in [-0.2, -0.15) is 0 Å². The summed E-state index contributed by atoms with van der Waals surface area (Å²) in [4.78, 5) is 28.4. The van der Waals surface area contributed by atoms with Crippen molar-refractivity contribution in [1.29, 1.82) is 0 Å². The molecule has 7 nitrogen and oxygen atoms in total. The first-order chi connectivity index (χ1) is 19.2. The highest BCUT2D eigenvalue weighted by atomic mass is 32.2. The van der Waals surface area contributed by atoms with E-state index in [9.17, 15) is 18.0 Å².